The monoisotopic (exact) mass is 129 g/mol. The summed E-state index contributed by atoms with van der Waals surface area (Å²) in [6, 6.07) is 0. The summed E-state index contributed by atoms with van der Waals surface area (Å²) >= 11 is 0. The standard InChI is InChI=1S/C7H15NO/c1-3-7(8)6(2)4-5-9/h6,8-9H,3-5H2,1-2H3. The summed E-state index contributed by atoms with van der Waals surface area (Å²) in [7, 11) is 0. The van der Waals surface area contributed by atoms with E-state index in [0.29, 0.717) is 0 Å². The van der Waals surface area contributed by atoms with Gasteiger partial charge in [0.05, 0.1) is 0 Å². The first-order valence-electron chi connectivity index (χ1n) is 3.40. The number of aliphatic hydroxyl groups is 1. The summed E-state index contributed by atoms with van der Waals surface area (Å²) in [6.45, 7) is 4.14. The zero-order valence-corrected chi connectivity index (χ0v) is 6.15. The van der Waals surface area contributed by atoms with Gasteiger partial charge in [0.2, 0.25) is 0 Å². The molecule has 0 aliphatic heterocycles. The minimum absolute atomic E-state index is 0.198. The van der Waals surface area contributed by atoms with Crippen LogP contribution in [0.15, 0.2) is 0 Å². The van der Waals surface area contributed by atoms with E-state index in [4.69, 9.17) is 10.5 Å². The summed E-state index contributed by atoms with van der Waals surface area (Å²) < 4.78 is 0. The zero-order valence-electron chi connectivity index (χ0n) is 6.15. The highest BCUT2D eigenvalue weighted by Crippen LogP contribution is 2.04. The Morgan fingerprint density at radius 1 is 1.67 bits per heavy atom. The fourth-order valence-electron chi connectivity index (χ4n) is 0.716. The molecule has 1 unspecified atom stereocenters. The van der Waals surface area contributed by atoms with Crippen LogP contribution < -0.4 is 0 Å². The SMILES string of the molecule is CCC(=N)C(C)CCO. The van der Waals surface area contributed by atoms with Crippen molar-refractivity contribution in [2.45, 2.75) is 26.7 Å². The Morgan fingerprint density at radius 2 is 2.22 bits per heavy atom. The molecule has 54 valence electrons. The fourth-order valence-corrected chi connectivity index (χ4v) is 0.716. The minimum atomic E-state index is 0.198. The van der Waals surface area contributed by atoms with E-state index in [2.05, 4.69) is 0 Å². The smallest absolute Gasteiger partial charge is 0.0437 e. The molecule has 0 radical (unpaired) electrons. The van der Waals surface area contributed by atoms with Gasteiger partial charge < -0.3 is 10.5 Å². The van der Waals surface area contributed by atoms with Crippen molar-refractivity contribution in [1.82, 2.24) is 0 Å². The van der Waals surface area contributed by atoms with Crippen LogP contribution in [0.2, 0.25) is 0 Å². The largest absolute Gasteiger partial charge is 0.396 e. The molecule has 0 aliphatic carbocycles. The lowest BCUT2D eigenvalue weighted by Crippen LogP contribution is -2.09. The second-order valence-corrected chi connectivity index (χ2v) is 2.29. The third-order valence-corrected chi connectivity index (χ3v) is 1.54. The Morgan fingerprint density at radius 3 is 2.56 bits per heavy atom. The summed E-state index contributed by atoms with van der Waals surface area (Å²) in [5.74, 6) is 0.264. The molecule has 0 aromatic rings. The zero-order chi connectivity index (χ0) is 7.28. The lowest BCUT2D eigenvalue weighted by atomic mass is 10.0. The molecule has 0 bridgehead atoms. The summed E-state index contributed by atoms with van der Waals surface area (Å²) in [6.07, 6.45) is 1.54. The van der Waals surface area contributed by atoms with Crippen LogP contribution in [0.25, 0.3) is 0 Å². The molecule has 0 amide bonds. The first-order valence-corrected chi connectivity index (χ1v) is 3.40. The van der Waals surface area contributed by atoms with Crippen molar-refractivity contribution < 1.29 is 5.11 Å². The molecule has 1 atom stereocenters. The topological polar surface area (TPSA) is 44.1 Å². The maximum atomic E-state index is 8.48. The van der Waals surface area contributed by atoms with Crippen molar-refractivity contribution in [3.05, 3.63) is 0 Å². The lowest BCUT2D eigenvalue weighted by Gasteiger charge is -2.07. The minimum Gasteiger partial charge on any atom is -0.396 e. The van der Waals surface area contributed by atoms with Crippen molar-refractivity contribution in [3.63, 3.8) is 0 Å². The van der Waals surface area contributed by atoms with Gasteiger partial charge in [0.25, 0.3) is 0 Å². The van der Waals surface area contributed by atoms with E-state index < -0.39 is 0 Å². The number of hydrogen-bond acceptors (Lipinski definition) is 2. The van der Waals surface area contributed by atoms with Crippen LogP contribution in [0.1, 0.15) is 26.7 Å². The van der Waals surface area contributed by atoms with Gasteiger partial charge >= 0.3 is 0 Å². The number of hydrogen-bond donors (Lipinski definition) is 2. The van der Waals surface area contributed by atoms with Gasteiger partial charge in [0.15, 0.2) is 0 Å². The molecule has 2 N–H and O–H groups in total. The highest BCUT2D eigenvalue weighted by molar-refractivity contribution is 5.83. The Kier molecular flexibility index (Phi) is 4.32. The van der Waals surface area contributed by atoms with Gasteiger partial charge in [-0.25, -0.2) is 0 Å². The average molecular weight is 129 g/mol. The normalized spacial score (nSPS) is 13.2. The van der Waals surface area contributed by atoms with E-state index in [9.17, 15) is 0 Å². The van der Waals surface area contributed by atoms with Crippen LogP contribution in [0.4, 0.5) is 0 Å². The molecule has 0 saturated carbocycles. The van der Waals surface area contributed by atoms with Gasteiger partial charge in [-0.15, -0.1) is 0 Å². The van der Waals surface area contributed by atoms with Gasteiger partial charge in [-0.3, -0.25) is 0 Å². The molecule has 9 heavy (non-hydrogen) atoms. The average Bonchev–Trinajstić information content (AvgIpc) is 1.87. The van der Waals surface area contributed by atoms with Crippen LogP contribution in [0, 0.1) is 11.3 Å². The Balaban J connectivity index is 3.45. The van der Waals surface area contributed by atoms with E-state index in [-0.39, 0.29) is 12.5 Å². The second kappa shape index (κ2) is 4.50. The molecular formula is C7H15NO. The van der Waals surface area contributed by atoms with Crippen LogP contribution in [0.5, 0.6) is 0 Å². The molecule has 0 rings (SSSR count). The molecule has 2 heteroatoms. The quantitative estimate of drug-likeness (QED) is 0.554. The van der Waals surface area contributed by atoms with Gasteiger partial charge in [0, 0.05) is 12.3 Å². The van der Waals surface area contributed by atoms with Crippen molar-refractivity contribution >= 4 is 5.71 Å². The van der Waals surface area contributed by atoms with Crippen molar-refractivity contribution in [2.24, 2.45) is 5.92 Å². The molecule has 0 aromatic heterocycles. The molecule has 0 saturated heterocycles. The Bertz CT molecular complexity index is 90.9. The molecule has 2 nitrogen and oxygen atoms in total. The van der Waals surface area contributed by atoms with E-state index in [1.807, 2.05) is 13.8 Å². The maximum absolute atomic E-state index is 8.48. The summed E-state index contributed by atoms with van der Waals surface area (Å²) in [5, 5.41) is 15.8. The van der Waals surface area contributed by atoms with Crippen LogP contribution in [0.3, 0.4) is 0 Å². The predicted molar refractivity (Wildman–Crippen MR) is 38.9 cm³/mol. The number of aliphatic hydroxyl groups excluding tert-OH is 1. The molecule has 0 fully saturated rings. The highest BCUT2D eigenvalue weighted by atomic mass is 16.3. The van der Waals surface area contributed by atoms with Crippen molar-refractivity contribution in [1.29, 1.82) is 5.41 Å². The van der Waals surface area contributed by atoms with E-state index in [1.165, 1.54) is 0 Å². The lowest BCUT2D eigenvalue weighted by molar-refractivity contribution is 0.277. The molecule has 0 aromatic carbocycles. The van der Waals surface area contributed by atoms with E-state index in [1.54, 1.807) is 0 Å². The molecular weight excluding hydrogens is 114 g/mol. The van der Waals surface area contributed by atoms with Crippen LogP contribution in [-0.2, 0) is 0 Å². The van der Waals surface area contributed by atoms with Gasteiger partial charge in [-0.2, -0.15) is 0 Å². The van der Waals surface area contributed by atoms with Crippen molar-refractivity contribution in [3.8, 4) is 0 Å². The van der Waals surface area contributed by atoms with Gasteiger partial charge in [-0.1, -0.05) is 13.8 Å². The van der Waals surface area contributed by atoms with Crippen LogP contribution >= 0.6 is 0 Å². The highest BCUT2D eigenvalue weighted by Gasteiger charge is 2.04. The molecule has 0 heterocycles. The van der Waals surface area contributed by atoms with Gasteiger partial charge in [0.1, 0.15) is 0 Å². The third-order valence-electron chi connectivity index (χ3n) is 1.54. The molecule has 0 spiro atoms. The first kappa shape index (κ1) is 8.63. The second-order valence-electron chi connectivity index (χ2n) is 2.29. The van der Waals surface area contributed by atoms with Crippen LogP contribution in [-0.4, -0.2) is 17.4 Å². The maximum Gasteiger partial charge on any atom is 0.0437 e. The predicted octanol–water partition coefficient (Wildman–Crippen LogP) is 1.43. The first-order chi connectivity index (χ1) is 4.22. The third kappa shape index (κ3) is 3.25. The summed E-state index contributed by atoms with van der Waals surface area (Å²) in [5.41, 5.74) is 0.740. The van der Waals surface area contributed by atoms with E-state index in [0.717, 1.165) is 18.6 Å². The van der Waals surface area contributed by atoms with Crippen molar-refractivity contribution in [2.75, 3.05) is 6.61 Å². The number of rotatable bonds is 4. The summed E-state index contributed by atoms with van der Waals surface area (Å²) in [4.78, 5) is 0. The molecule has 0 aliphatic rings. The van der Waals surface area contributed by atoms with Gasteiger partial charge in [-0.05, 0) is 18.8 Å². The number of nitrogens with one attached hydrogen (secondary N) is 1. The Labute approximate surface area is 56.4 Å². The Hall–Kier alpha value is -0.370. The van der Waals surface area contributed by atoms with E-state index >= 15 is 0 Å². The fraction of sp³-hybridized carbons (Fsp3) is 0.857.